The van der Waals surface area contributed by atoms with Crippen LogP contribution >= 0.6 is 24.4 Å². The van der Waals surface area contributed by atoms with Crippen molar-refractivity contribution in [2.45, 2.75) is 19.1 Å². The first kappa shape index (κ1) is 12.6. The molecule has 72 valence electrons. The van der Waals surface area contributed by atoms with Gasteiger partial charge in [0.2, 0.25) is 6.17 Å². The van der Waals surface area contributed by atoms with Gasteiger partial charge in [0.05, 0.1) is 31.5 Å². The topological polar surface area (TPSA) is 24.7 Å². The molecule has 0 aromatic rings. The molecule has 0 saturated heterocycles. The van der Waals surface area contributed by atoms with Gasteiger partial charge in [-0.05, 0) is 31.4 Å². The summed E-state index contributed by atoms with van der Waals surface area (Å²) >= 11 is 9.13. The smallest absolute Gasteiger partial charge is 0.214 e. The molecule has 5 heteroatoms. The zero-order valence-corrected chi connectivity index (χ0v) is 9.95. The van der Waals surface area contributed by atoms with Crippen molar-refractivity contribution in [3.63, 3.8) is 0 Å². The highest BCUT2D eigenvalue weighted by Crippen LogP contribution is 2.11. The monoisotopic (exact) mass is 216 g/mol. The second-order valence-electron chi connectivity index (χ2n) is 3.71. The van der Waals surface area contributed by atoms with Crippen molar-refractivity contribution in [1.29, 1.82) is 0 Å². The van der Waals surface area contributed by atoms with Gasteiger partial charge >= 0.3 is 0 Å². The fourth-order valence-electron chi connectivity index (χ4n) is 1.13. The maximum Gasteiger partial charge on any atom is 0.214 e. The van der Waals surface area contributed by atoms with Crippen LogP contribution in [0.2, 0.25) is 0 Å². The Hall–Kier alpha value is -0.440. The van der Waals surface area contributed by atoms with Gasteiger partial charge in [-0.1, -0.05) is 0 Å². The molecule has 0 aliphatic rings. The van der Waals surface area contributed by atoms with Crippen LogP contribution < -0.4 is 0 Å². The van der Waals surface area contributed by atoms with Crippen LogP contribution in [-0.4, -0.2) is 48.2 Å². The summed E-state index contributed by atoms with van der Waals surface area (Å²) in [6.45, 7) is 1.93. The molecular formula is C8H14N3S2+. The van der Waals surface area contributed by atoms with Gasteiger partial charge in [0.25, 0.3) is 0 Å². The predicted molar refractivity (Wildman–Crippen MR) is 61.3 cm³/mol. The highest BCUT2D eigenvalue weighted by Gasteiger charge is 2.28. The van der Waals surface area contributed by atoms with Gasteiger partial charge in [0.1, 0.15) is 6.04 Å². The summed E-state index contributed by atoms with van der Waals surface area (Å²) in [5, 5.41) is 4.74. The van der Waals surface area contributed by atoms with Crippen LogP contribution in [0.15, 0.2) is 9.98 Å². The van der Waals surface area contributed by atoms with Crippen LogP contribution in [0.25, 0.3) is 0 Å². The molecule has 0 rings (SSSR count). The van der Waals surface area contributed by atoms with Crippen LogP contribution in [0.3, 0.4) is 0 Å². The second-order valence-corrected chi connectivity index (χ2v) is 4.08. The van der Waals surface area contributed by atoms with Gasteiger partial charge in [-0.3, -0.25) is 0 Å². The average molecular weight is 216 g/mol. The highest BCUT2D eigenvalue weighted by atomic mass is 32.1. The van der Waals surface area contributed by atoms with Crippen molar-refractivity contribution < 1.29 is 4.48 Å². The number of thiocarbonyl (C=S) groups is 2. The Morgan fingerprint density at radius 2 is 1.54 bits per heavy atom. The fraction of sp³-hybridized carbons (Fsp3) is 0.750. The Morgan fingerprint density at radius 3 is 1.85 bits per heavy atom. The summed E-state index contributed by atoms with van der Waals surface area (Å²) in [6, 6.07) is -0.0204. The maximum absolute atomic E-state index is 4.59. The summed E-state index contributed by atoms with van der Waals surface area (Å²) in [5.74, 6) is 0. The molecule has 0 aromatic heterocycles. The molecule has 13 heavy (non-hydrogen) atoms. The lowest BCUT2D eigenvalue weighted by Crippen LogP contribution is -2.49. The summed E-state index contributed by atoms with van der Waals surface area (Å²) in [4.78, 5) is 8.05. The van der Waals surface area contributed by atoms with E-state index in [0.29, 0.717) is 4.48 Å². The molecule has 0 spiro atoms. The van der Waals surface area contributed by atoms with E-state index in [-0.39, 0.29) is 12.2 Å². The van der Waals surface area contributed by atoms with Crippen molar-refractivity contribution in [3.8, 4) is 0 Å². The molecule has 0 amide bonds. The van der Waals surface area contributed by atoms with Gasteiger partial charge in [0, 0.05) is 0 Å². The molecular weight excluding hydrogens is 202 g/mol. The first-order valence-corrected chi connectivity index (χ1v) is 4.70. The van der Waals surface area contributed by atoms with E-state index in [2.05, 4.69) is 44.7 Å². The molecule has 0 N–H and O–H groups in total. The largest absolute Gasteiger partial charge is 0.307 e. The van der Waals surface area contributed by atoms with Gasteiger partial charge in [-0.2, -0.15) is 4.99 Å². The summed E-state index contributed by atoms with van der Waals surface area (Å²) < 4.78 is 0.644. The van der Waals surface area contributed by atoms with Crippen LogP contribution in [0.4, 0.5) is 0 Å². The number of quaternary nitrogens is 1. The molecule has 0 aliphatic heterocycles. The van der Waals surface area contributed by atoms with Gasteiger partial charge in [-0.25, -0.2) is 4.99 Å². The van der Waals surface area contributed by atoms with E-state index in [1.165, 1.54) is 0 Å². The number of likely N-dealkylation sites (N-methyl/N-ethyl adjacent to an activating group) is 1. The van der Waals surface area contributed by atoms with Gasteiger partial charge in [0.15, 0.2) is 0 Å². The first-order chi connectivity index (χ1) is 5.93. The molecule has 3 nitrogen and oxygen atoms in total. The Labute approximate surface area is 89.8 Å². The summed E-state index contributed by atoms with van der Waals surface area (Å²) in [6.07, 6.45) is -0.0482. The van der Waals surface area contributed by atoms with Crippen molar-refractivity contribution >= 4 is 34.8 Å². The predicted octanol–water partition coefficient (Wildman–Crippen LogP) is 1.61. The van der Waals surface area contributed by atoms with E-state index in [1.54, 1.807) is 0 Å². The summed E-state index contributed by atoms with van der Waals surface area (Å²) in [5.41, 5.74) is 0. The van der Waals surface area contributed by atoms with Crippen LogP contribution in [0.1, 0.15) is 6.92 Å². The van der Waals surface area contributed by atoms with Crippen molar-refractivity contribution in [3.05, 3.63) is 0 Å². The fourth-order valence-corrected chi connectivity index (χ4v) is 1.41. The second kappa shape index (κ2) is 5.32. The van der Waals surface area contributed by atoms with Crippen LogP contribution in [-0.2, 0) is 0 Å². The number of hydrogen-bond acceptors (Lipinski definition) is 4. The molecule has 0 fully saturated rings. The van der Waals surface area contributed by atoms with E-state index < -0.39 is 0 Å². The normalized spacial score (nSPS) is 15.1. The van der Waals surface area contributed by atoms with E-state index in [9.17, 15) is 0 Å². The molecule has 0 radical (unpaired) electrons. The molecule has 2 atom stereocenters. The Bertz CT molecular complexity index is 257. The molecule has 0 heterocycles. The number of isothiocyanates is 2. The van der Waals surface area contributed by atoms with Crippen molar-refractivity contribution in [2.24, 2.45) is 9.98 Å². The minimum absolute atomic E-state index is 0.0204. The first-order valence-electron chi connectivity index (χ1n) is 3.88. The Kier molecular flexibility index (Phi) is 5.14. The lowest BCUT2D eigenvalue weighted by Gasteiger charge is -2.32. The molecule has 0 saturated carbocycles. The molecule has 0 bridgehead atoms. The number of rotatable bonds is 4. The highest BCUT2D eigenvalue weighted by molar-refractivity contribution is 7.78. The zero-order chi connectivity index (χ0) is 10.5. The number of aliphatic imine (C=N–C) groups is 2. The van der Waals surface area contributed by atoms with Crippen molar-refractivity contribution in [1.82, 2.24) is 0 Å². The van der Waals surface area contributed by atoms with E-state index >= 15 is 0 Å². The Morgan fingerprint density at radius 1 is 1.08 bits per heavy atom. The lowest BCUT2D eigenvalue weighted by atomic mass is 10.2. The van der Waals surface area contributed by atoms with E-state index in [1.807, 2.05) is 28.1 Å². The SMILES string of the molecule is CC(N=C=S)C(N=C=S)[N+](C)(C)C. The molecule has 0 aromatic carbocycles. The molecule has 0 aliphatic carbocycles. The number of nitrogens with zero attached hydrogens (tertiary/aromatic N) is 3. The third kappa shape index (κ3) is 4.36. The van der Waals surface area contributed by atoms with Crippen LogP contribution in [0.5, 0.6) is 0 Å². The van der Waals surface area contributed by atoms with Crippen LogP contribution in [0, 0.1) is 0 Å². The minimum atomic E-state index is -0.0482. The maximum atomic E-state index is 4.59. The summed E-state index contributed by atoms with van der Waals surface area (Å²) in [7, 11) is 6.07. The lowest BCUT2D eigenvalue weighted by molar-refractivity contribution is -0.896. The standard InChI is InChI=1S/C8H14N3S2/c1-7(9-5-12)8(10-6-13)11(2,3)4/h7-8H,1-4H3/q+1. The van der Waals surface area contributed by atoms with E-state index in [4.69, 9.17) is 0 Å². The van der Waals surface area contributed by atoms with Gasteiger partial charge in [-0.15, -0.1) is 0 Å². The minimum Gasteiger partial charge on any atom is -0.307 e. The molecule has 2 unspecified atom stereocenters. The third-order valence-corrected chi connectivity index (χ3v) is 1.88. The Balaban J connectivity index is 4.80. The quantitative estimate of drug-likeness (QED) is 0.405. The van der Waals surface area contributed by atoms with Gasteiger partial charge < -0.3 is 4.48 Å². The number of hydrogen-bond donors (Lipinski definition) is 0. The van der Waals surface area contributed by atoms with E-state index in [0.717, 1.165) is 0 Å². The third-order valence-electron chi connectivity index (χ3n) is 1.67. The average Bonchev–Trinajstić information content (AvgIpc) is 1.98. The van der Waals surface area contributed by atoms with Crippen molar-refractivity contribution in [2.75, 3.05) is 21.1 Å². The zero-order valence-electron chi connectivity index (χ0n) is 8.31.